The van der Waals surface area contributed by atoms with E-state index in [-0.39, 0.29) is 5.57 Å². The van der Waals surface area contributed by atoms with Gasteiger partial charge in [-0.1, -0.05) is 12.1 Å². The third-order valence-corrected chi connectivity index (χ3v) is 2.25. The average molecular weight is 251 g/mol. The molecule has 0 spiro atoms. The van der Waals surface area contributed by atoms with Crippen LogP contribution in [-0.2, 0) is 7.05 Å². The summed E-state index contributed by atoms with van der Waals surface area (Å²) in [4.78, 5) is 1.37. The van der Waals surface area contributed by atoms with Crippen molar-refractivity contribution >= 4 is 5.69 Å². The molecular weight excluding hydrogens is 242 g/mol. The highest BCUT2D eigenvalue weighted by molar-refractivity contribution is 5.62. The van der Waals surface area contributed by atoms with Gasteiger partial charge in [0.25, 0.3) is 0 Å². The van der Waals surface area contributed by atoms with Crippen molar-refractivity contribution in [1.29, 1.82) is 10.5 Å². The fourth-order valence-electron chi connectivity index (χ4n) is 1.39. The van der Waals surface area contributed by atoms with E-state index in [0.29, 0.717) is 5.82 Å². The molecule has 0 aliphatic heterocycles. The molecule has 0 saturated heterocycles. The van der Waals surface area contributed by atoms with Crippen molar-refractivity contribution in [2.45, 2.75) is 0 Å². The number of nitriles is 2. The van der Waals surface area contributed by atoms with Crippen LogP contribution in [0, 0.1) is 22.7 Å². The second-order valence-electron chi connectivity index (χ2n) is 3.61. The average Bonchev–Trinajstić information content (AvgIpc) is 2.87. The van der Waals surface area contributed by atoms with Crippen LogP contribution in [-0.4, -0.2) is 20.2 Å². The van der Waals surface area contributed by atoms with Crippen LogP contribution < -0.4 is 5.32 Å². The monoisotopic (exact) mass is 251 g/mol. The molecule has 0 aliphatic carbocycles. The van der Waals surface area contributed by atoms with Gasteiger partial charge in [0.05, 0.1) is 7.05 Å². The number of nitrogens with one attached hydrogen (secondary N) is 1. The van der Waals surface area contributed by atoms with Gasteiger partial charge in [0, 0.05) is 17.5 Å². The highest BCUT2D eigenvalue weighted by Gasteiger charge is 2.04. The van der Waals surface area contributed by atoms with E-state index in [9.17, 15) is 0 Å². The number of rotatable bonds is 3. The topological polar surface area (TPSA) is 103 Å². The summed E-state index contributed by atoms with van der Waals surface area (Å²) >= 11 is 0. The van der Waals surface area contributed by atoms with Gasteiger partial charge in [-0.2, -0.15) is 15.3 Å². The maximum Gasteiger partial charge on any atom is 0.204 e. The van der Waals surface area contributed by atoms with Gasteiger partial charge in [-0.05, 0) is 17.3 Å². The van der Waals surface area contributed by atoms with Gasteiger partial charge in [-0.25, -0.2) is 0 Å². The molecule has 0 saturated carbocycles. The molecule has 0 amide bonds. The van der Waals surface area contributed by atoms with Gasteiger partial charge >= 0.3 is 0 Å². The Labute approximate surface area is 109 Å². The molecule has 0 fully saturated rings. The number of benzene rings is 1. The van der Waals surface area contributed by atoms with Crippen molar-refractivity contribution in [2.75, 3.05) is 5.32 Å². The first-order valence-corrected chi connectivity index (χ1v) is 5.34. The Morgan fingerprint density at radius 2 is 2.16 bits per heavy atom. The number of allylic oxidation sites excluding steroid dienone is 1. The lowest BCUT2D eigenvalue weighted by molar-refractivity contribution is 0.630. The summed E-state index contributed by atoms with van der Waals surface area (Å²) in [6.45, 7) is 0. The van der Waals surface area contributed by atoms with Crippen LogP contribution in [0.5, 0.6) is 0 Å². The smallest absolute Gasteiger partial charge is 0.204 e. The SMILES string of the molecule is Cn1nnc(-c2cccc(NC=C(C#N)C#N)c2)n1. The standard InChI is InChI=1S/C12H9N7/c1-19-17-12(16-18-19)10-3-2-4-11(5-10)15-8-9(6-13)7-14/h2-5,8,15H,1H3. The lowest BCUT2D eigenvalue weighted by Crippen LogP contribution is -1.92. The molecule has 2 rings (SSSR count). The minimum Gasteiger partial charge on any atom is -0.360 e. The molecule has 1 N–H and O–H groups in total. The third kappa shape index (κ3) is 2.93. The Kier molecular flexibility index (Phi) is 3.51. The van der Waals surface area contributed by atoms with Crippen LogP contribution in [0.4, 0.5) is 5.69 Å². The third-order valence-electron chi connectivity index (χ3n) is 2.25. The van der Waals surface area contributed by atoms with Gasteiger partial charge in [-0.3, -0.25) is 0 Å². The van der Waals surface area contributed by atoms with Crippen LogP contribution in [0.15, 0.2) is 36.0 Å². The zero-order valence-electron chi connectivity index (χ0n) is 10.1. The zero-order chi connectivity index (χ0) is 13.7. The van der Waals surface area contributed by atoms with Gasteiger partial charge in [0.1, 0.15) is 17.7 Å². The first-order valence-electron chi connectivity index (χ1n) is 5.34. The first kappa shape index (κ1) is 12.3. The predicted molar refractivity (Wildman–Crippen MR) is 67.2 cm³/mol. The number of anilines is 1. The summed E-state index contributed by atoms with van der Waals surface area (Å²) in [6.07, 6.45) is 1.35. The second kappa shape index (κ2) is 5.43. The lowest BCUT2D eigenvalue weighted by Gasteiger charge is -2.01. The van der Waals surface area contributed by atoms with E-state index >= 15 is 0 Å². The molecule has 7 heteroatoms. The first-order chi connectivity index (χ1) is 9.22. The molecule has 7 nitrogen and oxygen atoms in total. The Morgan fingerprint density at radius 3 is 2.79 bits per heavy atom. The summed E-state index contributed by atoms with van der Waals surface area (Å²) in [5.41, 5.74) is 1.53. The van der Waals surface area contributed by atoms with E-state index in [2.05, 4.69) is 20.7 Å². The summed E-state index contributed by atoms with van der Waals surface area (Å²) < 4.78 is 0. The van der Waals surface area contributed by atoms with Gasteiger partial charge in [0.2, 0.25) is 5.82 Å². The minimum absolute atomic E-state index is 0.00281. The fraction of sp³-hybridized carbons (Fsp3) is 0.0833. The number of aryl methyl sites for hydroxylation is 1. The summed E-state index contributed by atoms with van der Waals surface area (Å²) in [6, 6.07) is 10.8. The van der Waals surface area contributed by atoms with Crippen molar-refractivity contribution in [3.05, 3.63) is 36.0 Å². The molecule has 0 radical (unpaired) electrons. The Bertz CT molecular complexity index is 683. The Morgan fingerprint density at radius 1 is 1.37 bits per heavy atom. The van der Waals surface area contributed by atoms with Crippen LogP contribution in [0.3, 0.4) is 0 Å². The van der Waals surface area contributed by atoms with E-state index in [1.54, 1.807) is 25.3 Å². The Balaban J connectivity index is 2.24. The van der Waals surface area contributed by atoms with Crippen molar-refractivity contribution in [2.24, 2.45) is 7.05 Å². The Hall–Kier alpha value is -3.19. The van der Waals surface area contributed by atoms with Crippen molar-refractivity contribution in [3.63, 3.8) is 0 Å². The normalized spacial score (nSPS) is 9.21. The quantitative estimate of drug-likeness (QED) is 0.822. The maximum atomic E-state index is 8.63. The maximum absolute atomic E-state index is 8.63. The second-order valence-corrected chi connectivity index (χ2v) is 3.61. The largest absolute Gasteiger partial charge is 0.360 e. The highest BCUT2D eigenvalue weighted by atomic mass is 15.6. The molecule has 19 heavy (non-hydrogen) atoms. The molecular formula is C12H9N7. The molecule has 1 heterocycles. The molecule has 0 bridgehead atoms. The number of aromatic nitrogens is 4. The van der Waals surface area contributed by atoms with Gasteiger partial charge in [0.15, 0.2) is 0 Å². The van der Waals surface area contributed by atoms with E-state index in [4.69, 9.17) is 10.5 Å². The number of hydrogen-bond donors (Lipinski definition) is 1. The van der Waals surface area contributed by atoms with Crippen molar-refractivity contribution in [3.8, 4) is 23.5 Å². The molecule has 1 aromatic carbocycles. The predicted octanol–water partition coefficient (Wildman–Crippen LogP) is 1.22. The van der Waals surface area contributed by atoms with E-state index in [0.717, 1.165) is 11.3 Å². The van der Waals surface area contributed by atoms with Crippen molar-refractivity contribution in [1.82, 2.24) is 20.2 Å². The van der Waals surface area contributed by atoms with E-state index < -0.39 is 0 Å². The van der Waals surface area contributed by atoms with E-state index in [1.165, 1.54) is 11.0 Å². The molecule has 1 aromatic heterocycles. The lowest BCUT2D eigenvalue weighted by atomic mass is 10.2. The van der Waals surface area contributed by atoms with Crippen LogP contribution in [0.25, 0.3) is 11.4 Å². The molecule has 0 aliphatic rings. The number of tetrazole rings is 1. The molecule has 92 valence electrons. The number of hydrogen-bond acceptors (Lipinski definition) is 6. The van der Waals surface area contributed by atoms with E-state index in [1.807, 2.05) is 18.2 Å². The summed E-state index contributed by atoms with van der Waals surface area (Å²) in [7, 11) is 1.69. The number of nitrogens with zero attached hydrogens (tertiary/aromatic N) is 6. The molecule has 2 aromatic rings. The minimum atomic E-state index is 0.00281. The van der Waals surface area contributed by atoms with Crippen LogP contribution in [0.1, 0.15) is 0 Å². The fourth-order valence-corrected chi connectivity index (χ4v) is 1.39. The summed E-state index contributed by atoms with van der Waals surface area (Å²) in [5.74, 6) is 0.510. The van der Waals surface area contributed by atoms with Crippen LogP contribution >= 0.6 is 0 Å². The zero-order valence-corrected chi connectivity index (χ0v) is 10.1. The molecule has 0 atom stereocenters. The molecule has 0 unspecified atom stereocenters. The van der Waals surface area contributed by atoms with Crippen molar-refractivity contribution < 1.29 is 0 Å². The van der Waals surface area contributed by atoms with Gasteiger partial charge < -0.3 is 5.32 Å². The van der Waals surface area contributed by atoms with Crippen LogP contribution in [0.2, 0.25) is 0 Å². The summed E-state index contributed by atoms with van der Waals surface area (Å²) in [5, 5.41) is 31.9. The van der Waals surface area contributed by atoms with Gasteiger partial charge in [-0.15, -0.1) is 10.2 Å². The highest BCUT2D eigenvalue weighted by Crippen LogP contribution is 2.18.